The summed E-state index contributed by atoms with van der Waals surface area (Å²) in [5, 5.41) is 11.4. The standard InChI is InChI=1S/4C13H15.2ClH.2Zr/c4*1-4-11-7-12-9(2)5-6-10(3)13(12)8-11;;;;/h4*5-8H,4H2,1-3H3;2*1H;;/q4*-1;;;2*+2/p-2. The number of halogens is 2. The summed E-state index contributed by atoms with van der Waals surface area (Å²) < 4.78 is 0. The summed E-state index contributed by atoms with van der Waals surface area (Å²) in [4.78, 5) is 0. The Hall–Kier alpha value is -2.33. The first-order chi connectivity index (χ1) is 24.9. The predicted molar refractivity (Wildman–Crippen MR) is 234 cm³/mol. The number of fused-ring (bicyclic) bond motifs is 4. The Morgan fingerprint density at radius 1 is 0.304 bits per heavy atom. The summed E-state index contributed by atoms with van der Waals surface area (Å²) in [7, 11) is 0. The van der Waals surface area contributed by atoms with Crippen molar-refractivity contribution >= 4 is 43.1 Å². The van der Waals surface area contributed by atoms with Crippen LogP contribution in [0.15, 0.2) is 97.1 Å². The van der Waals surface area contributed by atoms with Crippen LogP contribution in [0.2, 0.25) is 0 Å². The molecule has 0 amide bonds. The molecule has 0 bridgehead atoms. The quantitative estimate of drug-likeness (QED) is 0.155. The molecule has 8 aromatic carbocycles. The Labute approximate surface area is 389 Å². The first-order valence-corrected chi connectivity index (χ1v) is 19.5. The average Bonchev–Trinajstić information content (AvgIpc) is 3.97. The van der Waals surface area contributed by atoms with Gasteiger partial charge in [-0.15, -0.1) is 136 Å². The Balaban J connectivity index is 0.000000365. The zero-order valence-corrected chi connectivity index (χ0v) is 42.2. The maximum absolute atomic E-state index is 2.32. The molecule has 0 aliphatic carbocycles. The Bertz CT molecular complexity index is 1940. The first kappa shape index (κ1) is 51.7. The third kappa shape index (κ3) is 11.9. The van der Waals surface area contributed by atoms with Crippen molar-refractivity contribution in [3.8, 4) is 0 Å². The number of hydrogen-bond acceptors (Lipinski definition) is 0. The van der Waals surface area contributed by atoms with Crippen LogP contribution in [0.25, 0.3) is 43.1 Å². The van der Waals surface area contributed by atoms with Gasteiger partial charge in [-0.25, -0.2) is 0 Å². The molecule has 8 rings (SSSR count). The van der Waals surface area contributed by atoms with Crippen molar-refractivity contribution in [2.75, 3.05) is 0 Å². The van der Waals surface area contributed by atoms with Crippen molar-refractivity contribution in [3.63, 3.8) is 0 Å². The minimum atomic E-state index is 0. The van der Waals surface area contributed by atoms with Crippen molar-refractivity contribution in [2.45, 2.75) is 109 Å². The van der Waals surface area contributed by atoms with Crippen LogP contribution in [-0.2, 0) is 78.1 Å². The van der Waals surface area contributed by atoms with Crippen LogP contribution >= 0.6 is 0 Å². The van der Waals surface area contributed by atoms with E-state index in [0.29, 0.717) is 0 Å². The van der Waals surface area contributed by atoms with Gasteiger partial charge in [0.2, 0.25) is 0 Å². The molecule has 0 saturated carbocycles. The number of rotatable bonds is 4. The van der Waals surface area contributed by atoms with Gasteiger partial charge in [-0.3, -0.25) is 0 Å². The molecule has 292 valence electrons. The second-order valence-electron chi connectivity index (χ2n) is 15.0. The van der Waals surface area contributed by atoms with Crippen molar-refractivity contribution < 1.29 is 77.2 Å². The molecule has 0 aliphatic heterocycles. The second kappa shape index (κ2) is 23.3. The van der Waals surface area contributed by atoms with Crippen LogP contribution in [0.3, 0.4) is 0 Å². The van der Waals surface area contributed by atoms with Crippen LogP contribution in [0.1, 0.15) is 94.5 Å². The topological polar surface area (TPSA) is 0 Å². The maximum Gasteiger partial charge on any atom is 2.00 e. The van der Waals surface area contributed by atoms with Crippen molar-refractivity contribution in [1.82, 2.24) is 0 Å². The van der Waals surface area contributed by atoms with Crippen LogP contribution < -0.4 is 24.8 Å². The second-order valence-corrected chi connectivity index (χ2v) is 15.0. The molecule has 0 saturated heterocycles. The fraction of sp³-hybridized carbons (Fsp3) is 0.308. The zero-order chi connectivity index (χ0) is 37.7. The minimum absolute atomic E-state index is 0. The smallest absolute Gasteiger partial charge is 1.00 e. The van der Waals surface area contributed by atoms with Crippen molar-refractivity contribution in [3.05, 3.63) is 164 Å². The van der Waals surface area contributed by atoms with E-state index in [-0.39, 0.29) is 77.2 Å². The molecular formula is C52H60Cl2Zr2-2. The fourth-order valence-electron chi connectivity index (χ4n) is 7.42. The third-order valence-electron chi connectivity index (χ3n) is 11.2. The fourth-order valence-corrected chi connectivity index (χ4v) is 7.42. The molecule has 0 unspecified atom stereocenters. The van der Waals surface area contributed by atoms with E-state index in [1.54, 1.807) is 0 Å². The van der Waals surface area contributed by atoms with Crippen molar-refractivity contribution in [1.29, 1.82) is 0 Å². The minimum Gasteiger partial charge on any atom is -1.00 e. The summed E-state index contributed by atoms with van der Waals surface area (Å²) >= 11 is 0. The number of hydrogen-bond donors (Lipinski definition) is 0. The largest absolute Gasteiger partial charge is 2.00 e. The molecule has 0 spiro atoms. The summed E-state index contributed by atoms with van der Waals surface area (Å²) in [5.41, 5.74) is 16.9. The van der Waals surface area contributed by atoms with Gasteiger partial charge in [-0.1, -0.05) is 102 Å². The molecule has 4 heteroatoms. The molecule has 0 fully saturated rings. The van der Waals surface area contributed by atoms with E-state index in [1.165, 1.54) is 110 Å². The van der Waals surface area contributed by atoms with E-state index in [4.69, 9.17) is 0 Å². The van der Waals surface area contributed by atoms with Crippen molar-refractivity contribution in [2.24, 2.45) is 0 Å². The van der Waals surface area contributed by atoms with Gasteiger partial charge >= 0.3 is 52.4 Å². The van der Waals surface area contributed by atoms with E-state index >= 15 is 0 Å². The zero-order valence-electron chi connectivity index (χ0n) is 35.8. The molecule has 0 atom stereocenters. The van der Waals surface area contributed by atoms with Crippen LogP contribution in [0, 0.1) is 55.4 Å². The number of aryl methyl sites for hydroxylation is 12. The Morgan fingerprint density at radius 3 is 0.607 bits per heavy atom. The predicted octanol–water partition coefficient (Wildman–Crippen LogP) is 8.95. The van der Waals surface area contributed by atoms with Gasteiger partial charge in [0.25, 0.3) is 0 Å². The van der Waals surface area contributed by atoms with Crippen LogP contribution in [-0.4, -0.2) is 0 Å². The van der Waals surface area contributed by atoms with E-state index < -0.39 is 0 Å². The molecular weight excluding hydrogens is 878 g/mol. The Morgan fingerprint density at radius 2 is 0.464 bits per heavy atom. The summed E-state index contributed by atoms with van der Waals surface area (Å²) in [6.45, 7) is 26.3. The molecule has 56 heavy (non-hydrogen) atoms. The average molecular weight is 938 g/mol. The summed E-state index contributed by atoms with van der Waals surface area (Å²) in [6, 6.07) is 36.2. The van der Waals surface area contributed by atoms with Crippen LogP contribution in [0.4, 0.5) is 0 Å². The van der Waals surface area contributed by atoms with Gasteiger partial charge in [0, 0.05) is 0 Å². The number of benzene rings is 4. The van der Waals surface area contributed by atoms with Gasteiger partial charge in [-0.2, -0.15) is 24.3 Å². The molecule has 0 heterocycles. The molecule has 0 radical (unpaired) electrons. The SMILES string of the molecule is CCc1cc2c(C)ccc(C)c2[cH-]1.CCc1cc2c(C)ccc(C)c2[cH-]1.CCc1cc2c(C)ccc(C)c2[cH-]1.CCc1cc2c(C)ccc(C)c2[cH-]1.[Cl-].[Cl-].[Zr+2].[Zr+2]. The van der Waals surface area contributed by atoms with E-state index in [0.717, 1.165) is 25.7 Å². The monoisotopic (exact) mass is 934 g/mol. The van der Waals surface area contributed by atoms with E-state index in [2.05, 4.69) is 180 Å². The molecule has 8 aromatic rings. The van der Waals surface area contributed by atoms with Gasteiger partial charge in [0.15, 0.2) is 0 Å². The van der Waals surface area contributed by atoms with Gasteiger partial charge in [0.1, 0.15) is 0 Å². The van der Waals surface area contributed by atoms with Gasteiger partial charge in [-0.05, 0) is 53.4 Å². The summed E-state index contributed by atoms with van der Waals surface area (Å²) in [5.74, 6) is 0. The Kier molecular flexibility index (Phi) is 21.5. The normalized spacial score (nSPS) is 10.2. The van der Waals surface area contributed by atoms with E-state index in [9.17, 15) is 0 Å². The molecule has 0 aromatic heterocycles. The summed E-state index contributed by atoms with van der Waals surface area (Å²) in [6.07, 6.45) is 4.53. The molecule has 0 nitrogen and oxygen atoms in total. The first-order valence-electron chi connectivity index (χ1n) is 19.5. The van der Waals surface area contributed by atoms with Gasteiger partial charge in [0.05, 0.1) is 0 Å². The van der Waals surface area contributed by atoms with Gasteiger partial charge < -0.3 is 24.8 Å². The molecule has 0 aliphatic rings. The third-order valence-corrected chi connectivity index (χ3v) is 11.2. The van der Waals surface area contributed by atoms with E-state index in [1.807, 2.05) is 0 Å². The molecule has 0 N–H and O–H groups in total. The maximum atomic E-state index is 2.32. The van der Waals surface area contributed by atoms with Crippen LogP contribution in [0.5, 0.6) is 0 Å².